The zero-order chi connectivity index (χ0) is 11.1. The monoisotopic (exact) mass is 208 g/mol. The molecule has 7 nitrogen and oxygen atoms in total. The Balaban J connectivity index is 3.91. The number of esters is 1. The van der Waals surface area contributed by atoms with E-state index in [1.165, 1.54) is 0 Å². The summed E-state index contributed by atoms with van der Waals surface area (Å²) in [7, 11) is 0. The molecular formula is C7H12O7. The number of carbonyl (C=O) groups excluding carboxylic acids is 1. The third-order valence-corrected chi connectivity index (χ3v) is 1.35. The number of hydrogen-bond acceptors (Lipinski definition) is 6. The molecule has 7 heteroatoms. The summed E-state index contributed by atoms with van der Waals surface area (Å²) in [6.45, 7) is -1.13. The van der Waals surface area contributed by atoms with Crippen molar-refractivity contribution < 1.29 is 34.8 Å². The molecule has 0 saturated carbocycles. The van der Waals surface area contributed by atoms with E-state index in [1.807, 2.05) is 0 Å². The Bertz CT molecular complexity index is 198. The van der Waals surface area contributed by atoms with Gasteiger partial charge in [0, 0.05) is 0 Å². The Kier molecular flexibility index (Phi) is 5.77. The first-order chi connectivity index (χ1) is 6.51. The van der Waals surface area contributed by atoms with E-state index in [2.05, 4.69) is 4.74 Å². The molecule has 0 saturated heterocycles. The van der Waals surface area contributed by atoms with Crippen molar-refractivity contribution >= 4 is 11.9 Å². The number of carboxylic acid groups (broad SMARTS) is 1. The van der Waals surface area contributed by atoms with Crippen molar-refractivity contribution in [2.24, 2.45) is 0 Å². The molecule has 1 atom stereocenters. The van der Waals surface area contributed by atoms with E-state index in [-0.39, 0.29) is 0 Å². The van der Waals surface area contributed by atoms with E-state index in [4.69, 9.17) is 20.4 Å². The van der Waals surface area contributed by atoms with Gasteiger partial charge < -0.3 is 25.2 Å². The van der Waals surface area contributed by atoms with E-state index in [9.17, 15) is 9.59 Å². The second-order valence-electron chi connectivity index (χ2n) is 2.54. The lowest BCUT2D eigenvalue weighted by Crippen LogP contribution is -2.30. The molecule has 1 unspecified atom stereocenters. The first-order valence-electron chi connectivity index (χ1n) is 3.83. The largest absolute Gasteiger partial charge is 0.479 e. The number of carboxylic acids is 1. The molecule has 0 aromatic rings. The average molecular weight is 208 g/mol. The summed E-state index contributed by atoms with van der Waals surface area (Å²) in [6, 6.07) is 0. The highest BCUT2D eigenvalue weighted by Gasteiger charge is 2.21. The highest BCUT2D eigenvalue weighted by molar-refractivity contribution is 5.80. The van der Waals surface area contributed by atoms with Gasteiger partial charge in [0.1, 0.15) is 6.10 Å². The summed E-state index contributed by atoms with van der Waals surface area (Å²) in [5.41, 5.74) is 0. The van der Waals surface area contributed by atoms with Gasteiger partial charge in [-0.2, -0.15) is 0 Å². The topological polar surface area (TPSA) is 124 Å². The SMILES string of the molecule is O=C(CC(O)C(=O)O)OC(CO)CO. The van der Waals surface area contributed by atoms with Crippen LogP contribution in [0, 0.1) is 0 Å². The van der Waals surface area contributed by atoms with Crippen LogP contribution in [-0.4, -0.2) is 57.8 Å². The highest BCUT2D eigenvalue weighted by Crippen LogP contribution is 1.98. The summed E-state index contributed by atoms with van der Waals surface area (Å²) in [4.78, 5) is 20.9. The van der Waals surface area contributed by atoms with E-state index in [1.54, 1.807) is 0 Å². The minimum absolute atomic E-state index is 0.564. The van der Waals surface area contributed by atoms with Gasteiger partial charge in [0.15, 0.2) is 6.10 Å². The number of aliphatic hydroxyl groups is 3. The molecule has 82 valence electrons. The predicted octanol–water partition coefficient (Wildman–Crippen LogP) is -2.28. The van der Waals surface area contributed by atoms with Crippen LogP contribution >= 0.6 is 0 Å². The maximum atomic E-state index is 10.8. The normalized spacial score (nSPS) is 12.6. The lowest BCUT2D eigenvalue weighted by molar-refractivity contribution is -0.161. The first-order valence-corrected chi connectivity index (χ1v) is 3.83. The molecular weight excluding hydrogens is 196 g/mol. The van der Waals surface area contributed by atoms with E-state index in [0.717, 1.165) is 0 Å². The van der Waals surface area contributed by atoms with Gasteiger partial charge in [0.2, 0.25) is 0 Å². The minimum atomic E-state index is -1.83. The molecule has 14 heavy (non-hydrogen) atoms. The fraction of sp³-hybridized carbons (Fsp3) is 0.714. The van der Waals surface area contributed by atoms with E-state index in [0.29, 0.717) is 0 Å². The molecule has 0 rings (SSSR count). The van der Waals surface area contributed by atoms with Crippen molar-refractivity contribution in [1.82, 2.24) is 0 Å². The third-order valence-electron chi connectivity index (χ3n) is 1.35. The van der Waals surface area contributed by atoms with Crippen LogP contribution in [0.4, 0.5) is 0 Å². The van der Waals surface area contributed by atoms with Gasteiger partial charge in [-0.1, -0.05) is 0 Å². The molecule has 0 radical (unpaired) electrons. The smallest absolute Gasteiger partial charge is 0.333 e. The molecule has 0 bridgehead atoms. The second-order valence-corrected chi connectivity index (χ2v) is 2.54. The van der Waals surface area contributed by atoms with Gasteiger partial charge in [-0.05, 0) is 0 Å². The van der Waals surface area contributed by atoms with Crippen LogP contribution in [0.5, 0.6) is 0 Å². The second kappa shape index (κ2) is 6.30. The van der Waals surface area contributed by atoms with Gasteiger partial charge in [-0.25, -0.2) is 4.79 Å². The van der Waals surface area contributed by atoms with Crippen LogP contribution in [0.3, 0.4) is 0 Å². The summed E-state index contributed by atoms with van der Waals surface area (Å²) < 4.78 is 4.41. The Morgan fingerprint density at radius 2 is 1.71 bits per heavy atom. The average Bonchev–Trinajstić information content (AvgIpc) is 2.13. The number of aliphatic hydroxyl groups excluding tert-OH is 3. The molecule has 0 aromatic carbocycles. The Hall–Kier alpha value is -1.18. The standard InChI is InChI=1S/C7H12O7/c8-2-4(3-9)14-6(11)1-5(10)7(12)13/h4-5,8-10H,1-3H2,(H,12,13). The maximum Gasteiger partial charge on any atom is 0.333 e. The van der Waals surface area contributed by atoms with Crippen molar-refractivity contribution in [3.8, 4) is 0 Å². The van der Waals surface area contributed by atoms with Gasteiger partial charge in [-0.15, -0.1) is 0 Å². The number of carbonyl (C=O) groups is 2. The summed E-state index contributed by atoms with van der Waals surface area (Å²) in [5, 5.41) is 34.0. The zero-order valence-electron chi connectivity index (χ0n) is 7.29. The van der Waals surface area contributed by atoms with Crippen LogP contribution in [0.1, 0.15) is 6.42 Å². The molecule has 0 aromatic heterocycles. The van der Waals surface area contributed by atoms with Crippen molar-refractivity contribution in [2.75, 3.05) is 13.2 Å². The molecule has 0 aliphatic heterocycles. The van der Waals surface area contributed by atoms with E-state index < -0.39 is 43.8 Å². The quantitative estimate of drug-likeness (QED) is 0.362. The first kappa shape index (κ1) is 12.8. The minimum Gasteiger partial charge on any atom is -0.479 e. The fourth-order valence-electron chi connectivity index (χ4n) is 0.611. The van der Waals surface area contributed by atoms with Crippen molar-refractivity contribution in [3.05, 3.63) is 0 Å². The van der Waals surface area contributed by atoms with Crippen molar-refractivity contribution in [3.63, 3.8) is 0 Å². The van der Waals surface area contributed by atoms with Crippen LogP contribution in [0.2, 0.25) is 0 Å². The van der Waals surface area contributed by atoms with Gasteiger partial charge in [0.25, 0.3) is 0 Å². The molecule has 0 fully saturated rings. The molecule has 0 aliphatic rings. The summed E-state index contributed by atoms with van der Waals surface area (Å²) >= 11 is 0. The molecule has 0 aliphatic carbocycles. The Morgan fingerprint density at radius 1 is 1.21 bits per heavy atom. The number of hydrogen-bond donors (Lipinski definition) is 4. The maximum absolute atomic E-state index is 10.8. The Morgan fingerprint density at radius 3 is 2.07 bits per heavy atom. The highest BCUT2D eigenvalue weighted by atomic mass is 16.6. The molecule has 4 N–H and O–H groups in total. The summed E-state index contributed by atoms with van der Waals surface area (Å²) in [6.07, 6.45) is -3.63. The van der Waals surface area contributed by atoms with Crippen molar-refractivity contribution in [2.45, 2.75) is 18.6 Å². The summed E-state index contributed by atoms with van der Waals surface area (Å²) in [5.74, 6) is -2.53. The fourth-order valence-corrected chi connectivity index (χ4v) is 0.611. The predicted molar refractivity (Wildman–Crippen MR) is 42.3 cm³/mol. The van der Waals surface area contributed by atoms with E-state index >= 15 is 0 Å². The third kappa shape index (κ3) is 4.75. The molecule has 0 heterocycles. The zero-order valence-corrected chi connectivity index (χ0v) is 7.29. The lowest BCUT2D eigenvalue weighted by Gasteiger charge is -2.13. The van der Waals surface area contributed by atoms with Crippen LogP contribution in [0.15, 0.2) is 0 Å². The Labute approximate surface area is 79.5 Å². The van der Waals surface area contributed by atoms with Crippen molar-refractivity contribution in [1.29, 1.82) is 0 Å². The van der Waals surface area contributed by atoms with Gasteiger partial charge in [-0.3, -0.25) is 4.79 Å². The van der Waals surface area contributed by atoms with Crippen LogP contribution in [-0.2, 0) is 14.3 Å². The number of ether oxygens (including phenoxy) is 1. The van der Waals surface area contributed by atoms with Crippen LogP contribution < -0.4 is 0 Å². The molecule has 0 amide bonds. The molecule has 0 spiro atoms. The van der Waals surface area contributed by atoms with Gasteiger partial charge >= 0.3 is 11.9 Å². The van der Waals surface area contributed by atoms with Crippen LogP contribution in [0.25, 0.3) is 0 Å². The number of aliphatic carboxylic acids is 1. The number of rotatable bonds is 6. The van der Waals surface area contributed by atoms with Gasteiger partial charge in [0.05, 0.1) is 19.6 Å². The lowest BCUT2D eigenvalue weighted by atomic mass is 10.2.